The second-order valence-corrected chi connectivity index (χ2v) is 6.51. The van der Waals surface area contributed by atoms with Crippen molar-refractivity contribution in [2.24, 2.45) is 0 Å². The van der Waals surface area contributed by atoms with Crippen molar-refractivity contribution in [3.63, 3.8) is 0 Å². The number of carbonyl (C=O) groups excluding carboxylic acids is 1. The number of nitrogens with zero attached hydrogens (tertiary/aromatic N) is 1. The average molecular weight is 356 g/mol. The van der Waals surface area contributed by atoms with E-state index in [1.807, 2.05) is 0 Å². The lowest BCUT2D eigenvalue weighted by Crippen LogP contribution is -2.46. The maximum atomic E-state index is 13.2. The van der Waals surface area contributed by atoms with Crippen LogP contribution in [0.3, 0.4) is 0 Å². The van der Waals surface area contributed by atoms with Gasteiger partial charge in [0.05, 0.1) is 32.4 Å². The van der Waals surface area contributed by atoms with Gasteiger partial charge in [-0.25, -0.2) is 8.78 Å². The molecule has 25 heavy (non-hydrogen) atoms. The van der Waals surface area contributed by atoms with Crippen LogP contribution in [0.4, 0.5) is 8.78 Å². The fourth-order valence-electron chi connectivity index (χ4n) is 3.18. The molecule has 6 nitrogen and oxygen atoms in total. The fourth-order valence-corrected chi connectivity index (χ4v) is 3.18. The van der Waals surface area contributed by atoms with Gasteiger partial charge in [-0.05, 0) is 24.3 Å². The van der Waals surface area contributed by atoms with Gasteiger partial charge >= 0.3 is 0 Å². The van der Waals surface area contributed by atoms with Crippen molar-refractivity contribution >= 4 is 5.91 Å². The standard InChI is InChI=1S/C17H22F2N2O4/c1-24-12-4-2-11(3-5-12)16(23)20-13-9-25-14(15(13)22)8-21-7-6-17(18,19)10-21/h2-5,13-15,22H,6-10H2,1H3,(H,20,23). The molecular weight excluding hydrogens is 334 g/mol. The molecule has 1 amide bonds. The van der Waals surface area contributed by atoms with Gasteiger partial charge < -0.3 is 19.9 Å². The number of ether oxygens (including phenoxy) is 2. The number of methoxy groups -OCH3 is 1. The largest absolute Gasteiger partial charge is 0.497 e. The van der Waals surface area contributed by atoms with Crippen molar-refractivity contribution in [3.8, 4) is 5.75 Å². The van der Waals surface area contributed by atoms with Crippen LogP contribution in [-0.2, 0) is 4.74 Å². The van der Waals surface area contributed by atoms with Crippen molar-refractivity contribution in [1.29, 1.82) is 0 Å². The quantitative estimate of drug-likeness (QED) is 0.820. The zero-order valence-corrected chi connectivity index (χ0v) is 14.0. The van der Waals surface area contributed by atoms with E-state index < -0.39 is 24.2 Å². The molecule has 3 unspecified atom stereocenters. The Morgan fingerprint density at radius 2 is 2.16 bits per heavy atom. The van der Waals surface area contributed by atoms with Crippen LogP contribution in [0.5, 0.6) is 5.75 Å². The van der Waals surface area contributed by atoms with E-state index in [1.54, 1.807) is 29.2 Å². The smallest absolute Gasteiger partial charge is 0.261 e. The number of hydrogen-bond acceptors (Lipinski definition) is 5. The molecule has 8 heteroatoms. The molecule has 0 aromatic heterocycles. The maximum Gasteiger partial charge on any atom is 0.261 e. The average Bonchev–Trinajstić information content (AvgIpc) is 3.11. The highest BCUT2D eigenvalue weighted by atomic mass is 19.3. The molecule has 3 atom stereocenters. The van der Waals surface area contributed by atoms with E-state index in [0.29, 0.717) is 11.3 Å². The number of aliphatic hydroxyl groups excluding tert-OH is 1. The zero-order chi connectivity index (χ0) is 18.0. The third kappa shape index (κ3) is 4.26. The monoisotopic (exact) mass is 356 g/mol. The molecule has 138 valence electrons. The van der Waals surface area contributed by atoms with Gasteiger partial charge in [-0.15, -0.1) is 0 Å². The number of halogens is 2. The number of amides is 1. The predicted octanol–water partition coefficient (Wildman–Crippen LogP) is 0.894. The summed E-state index contributed by atoms with van der Waals surface area (Å²) in [5.74, 6) is -2.36. The molecule has 2 aliphatic heterocycles. The molecule has 1 aromatic rings. The summed E-state index contributed by atoms with van der Waals surface area (Å²) in [6.07, 6.45) is -1.69. The van der Waals surface area contributed by atoms with Crippen molar-refractivity contribution < 1.29 is 28.2 Å². The molecule has 1 aromatic carbocycles. The minimum absolute atomic E-state index is 0.151. The van der Waals surface area contributed by atoms with E-state index >= 15 is 0 Å². The number of nitrogens with one attached hydrogen (secondary N) is 1. The molecule has 2 aliphatic rings. The Labute approximate surface area is 144 Å². The highest BCUT2D eigenvalue weighted by molar-refractivity contribution is 5.94. The van der Waals surface area contributed by atoms with Gasteiger partial charge in [0, 0.05) is 25.1 Å². The summed E-state index contributed by atoms with van der Waals surface area (Å²) in [4.78, 5) is 13.8. The van der Waals surface area contributed by atoms with E-state index in [-0.39, 0.29) is 38.6 Å². The molecule has 2 fully saturated rings. The first-order valence-corrected chi connectivity index (χ1v) is 8.23. The SMILES string of the molecule is COc1ccc(C(=O)NC2COC(CN3CCC(F)(F)C3)C2O)cc1. The molecule has 2 saturated heterocycles. The zero-order valence-electron chi connectivity index (χ0n) is 14.0. The van der Waals surface area contributed by atoms with Crippen LogP contribution in [0.25, 0.3) is 0 Å². The number of hydrogen-bond donors (Lipinski definition) is 2. The highest BCUT2D eigenvalue weighted by Crippen LogP contribution is 2.28. The second-order valence-electron chi connectivity index (χ2n) is 6.51. The number of aliphatic hydroxyl groups is 1. The van der Waals surface area contributed by atoms with Crippen LogP contribution in [0, 0.1) is 0 Å². The lowest BCUT2D eigenvalue weighted by atomic mass is 10.1. The third-order valence-electron chi connectivity index (χ3n) is 4.64. The van der Waals surface area contributed by atoms with Gasteiger partial charge in [0.25, 0.3) is 11.8 Å². The van der Waals surface area contributed by atoms with Crippen LogP contribution < -0.4 is 10.1 Å². The van der Waals surface area contributed by atoms with Gasteiger partial charge in [-0.1, -0.05) is 0 Å². The van der Waals surface area contributed by atoms with Crippen LogP contribution in [0.15, 0.2) is 24.3 Å². The molecule has 0 bridgehead atoms. The molecule has 0 aliphatic carbocycles. The first kappa shape index (κ1) is 18.0. The van der Waals surface area contributed by atoms with Gasteiger partial charge in [0.15, 0.2) is 0 Å². The van der Waals surface area contributed by atoms with E-state index in [1.165, 1.54) is 7.11 Å². The Kier molecular flexibility index (Phi) is 5.21. The van der Waals surface area contributed by atoms with Gasteiger partial charge in [-0.3, -0.25) is 9.69 Å². The Morgan fingerprint density at radius 3 is 2.76 bits per heavy atom. The Hall–Kier alpha value is -1.77. The summed E-state index contributed by atoms with van der Waals surface area (Å²) in [5.41, 5.74) is 0.440. The molecule has 0 spiro atoms. The summed E-state index contributed by atoms with van der Waals surface area (Å²) in [7, 11) is 1.54. The number of rotatable bonds is 5. The van der Waals surface area contributed by atoms with Gasteiger partial charge in [0.2, 0.25) is 0 Å². The number of likely N-dealkylation sites (tertiary alicyclic amines) is 1. The van der Waals surface area contributed by atoms with E-state index in [0.717, 1.165) is 0 Å². The molecular formula is C17H22F2N2O4. The second kappa shape index (κ2) is 7.23. The fraction of sp³-hybridized carbons (Fsp3) is 0.588. The Bertz CT molecular complexity index is 611. The number of benzene rings is 1. The van der Waals surface area contributed by atoms with Crippen LogP contribution >= 0.6 is 0 Å². The summed E-state index contributed by atoms with van der Waals surface area (Å²) >= 11 is 0. The van der Waals surface area contributed by atoms with E-state index in [2.05, 4.69) is 5.32 Å². The van der Waals surface area contributed by atoms with Crippen LogP contribution in [0.2, 0.25) is 0 Å². The maximum absolute atomic E-state index is 13.2. The summed E-state index contributed by atoms with van der Waals surface area (Å²) in [6, 6.07) is 6.03. The van der Waals surface area contributed by atoms with Crippen molar-refractivity contribution in [2.45, 2.75) is 30.6 Å². The third-order valence-corrected chi connectivity index (χ3v) is 4.64. The van der Waals surface area contributed by atoms with Crippen molar-refractivity contribution in [1.82, 2.24) is 10.2 Å². The topological polar surface area (TPSA) is 71.0 Å². The van der Waals surface area contributed by atoms with Crippen molar-refractivity contribution in [2.75, 3.05) is 33.4 Å². The van der Waals surface area contributed by atoms with E-state index in [9.17, 15) is 18.7 Å². The van der Waals surface area contributed by atoms with Gasteiger partial charge in [-0.2, -0.15) is 0 Å². The molecule has 3 rings (SSSR count). The molecule has 2 N–H and O–H groups in total. The first-order valence-electron chi connectivity index (χ1n) is 8.23. The predicted molar refractivity (Wildman–Crippen MR) is 86.0 cm³/mol. The first-order chi connectivity index (χ1) is 11.9. The lowest BCUT2D eigenvalue weighted by molar-refractivity contribution is -0.00731. The van der Waals surface area contributed by atoms with Crippen LogP contribution in [-0.4, -0.2) is 73.4 Å². The summed E-state index contributed by atoms with van der Waals surface area (Å²) in [6.45, 7) is 0.342. The van der Waals surface area contributed by atoms with Gasteiger partial charge in [0.1, 0.15) is 11.9 Å². The Morgan fingerprint density at radius 1 is 1.44 bits per heavy atom. The van der Waals surface area contributed by atoms with E-state index in [4.69, 9.17) is 9.47 Å². The highest BCUT2D eigenvalue weighted by Gasteiger charge is 2.42. The normalized spacial score (nSPS) is 28.9. The Balaban J connectivity index is 1.53. The minimum Gasteiger partial charge on any atom is -0.497 e. The van der Waals surface area contributed by atoms with Crippen LogP contribution in [0.1, 0.15) is 16.8 Å². The molecule has 0 radical (unpaired) electrons. The summed E-state index contributed by atoms with van der Waals surface area (Å²) in [5, 5.41) is 13.1. The summed E-state index contributed by atoms with van der Waals surface area (Å²) < 4.78 is 37.0. The lowest BCUT2D eigenvalue weighted by Gasteiger charge is -2.23. The number of carbonyl (C=O) groups is 1. The molecule has 2 heterocycles. The minimum atomic E-state index is -2.68. The number of alkyl halides is 2. The molecule has 0 saturated carbocycles. The van der Waals surface area contributed by atoms with Crippen molar-refractivity contribution in [3.05, 3.63) is 29.8 Å².